The summed E-state index contributed by atoms with van der Waals surface area (Å²) in [6.45, 7) is 1.63. The number of amides is 1. The Hall–Kier alpha value is -3.24. The largest absolute Gasteiger partial charge is 0.481 e. The Labute approximate surface area is 160 Å². The van der Waals surface area contributed by atoms with Gasteiger partial charge in [0.05, 0.1) is 11.6 Å². The van der Waals surface area contributed by atoms with Crippen LogP contribution in [0.1, 0.15) is 22.9 Å². The molecule has 0 aliphatic rings. The molecule has 1 aromatic heterocycles. The van der Waals surface area contributed by atoms with Gasteiger partial charge in [-0.2, -0.15) is 5.26 Å². The van der Waals surface area contributed by atoms with E-state index in [4.69, 9.17) is 10.00 Å². The van der Waals surface area contributed by atoms with Crippen LogP contribution in [0.4, 0.5) is 9.52 Å². The smallest absolute Gasteiger partial charge is 0.266 e. The monoisotopic (exact) mass is 381 g/mol. The van der Waals surface area contributed by atoms with Gasteiger partial charge in [0.25, 0.3) is 5.91 Å². The van der Waals surface area contributed by atoms with Crippen molar-refractivity contribution in [3.8, 4) is 11.8 Å². The molecular formula is C20H16FN3O2S. The van der Waals surface area contributed by atoms with Gasteiger partial charge in [-0.15, -0.1) is 11.3 Å². The molecule has 2 aromatic carbocycles. The van der Waals surface area contributed by atoms with Crippen LogP contribution >= 0.6 is 11.3 Å². The first-order chi connectivity index (χ1) is 13.0. The highest BCUT2D eigenvalue weighted by atomic mass is 32.1. The van der Waals surface area contributed by atoms with E-state index in [9.17, 15) is 9.18 Å². The summed E-state index contributed by atoms with van der Waals surface area (Å²) in [4.78, 5) is 17.4. The van der Waals surface area contributed by atoms with Gasteiger partial charge in [-0.05, 0) is 48.9 Å². The molecule has 1 N–H and O–H groups in total. The van der Waals surface area contributed by atoms with Gasteiger partial charge in [0.2, 0.25) is 0 Å². The first kappa shape index (κ1) is 18.5. The number of anilines is 1. The summed E-state index contributed by atoms with van der Waals surface area (Å²) in [7, 11) is 0. The summed E-state index contributed by atoms with van der Waals surface area (Å²) in [5, 5.41) is 12.0. The summed E-state index contributed by atoms with van der Waals surface area (Å²) in [6, 6.07) is 14.9. The van der Waals surface area contributed by atoms with E-state index in [2.05, 4.69) is 10.3 Å². The number of carbonyl (C=O) groups is 1. The molecule has 5 nitrogen and oxygen atoms in total. The predicted molar refractivity (Wildman–Crippen MR) is 101 cm³/mol. The second-order valence-electron chi connectivity index (χ2n) is 5.82. The Bertz CT molecular complexity index is 979. The molecule has 0 aliphatic carbocycles. The summed E-state index contributed by atoms with van der Waals surface area (Å²) < 4.78 is 18.8. The molecule has 27 heavy (non-hydrogen) atoms. The topological polar surface area (TPSA) is 75.0 Å². The van der Waals surface area contributed by atoms with Crippen molar-refractivity contribution in [3.05, 3.63) is 76.5 Å². The van der Waals surface area contributed by atoms with Crippen LogP contribution < -0.4 is 10.1 Å². The van der Waals surface area contributed by atoms with Gasteiger partial charge in [0.1, 0.15) is 11.6 Å². The summed E-state index contributed by atoms with van der Waals surface area (Å²) in [5.41, 5.74) is 1.36. The first-order valence-corrected chi connectivity index (χ1v) is 9.02. The normalized spacial score (nSPS) is 11.4. The third-order valence-corrected chi connectivity index (χ3v) is 4.63. The molecule has 0 radical (unpaired) electrons. The van der Waals surface area contributed by atoms with Crippen molar-refractivity contribution in [1.29, 1.82) is 5.26 Å². The average molecular weight is 381 g/mol. The number of aromatic nitrogens is 1. The van der Waals surface area contributed by atoms with Gasteiger partial charge < -0.3 is 4.74 Å². The fourth-order valence-corrected chi connectivity index (χ4v) is 3.22. The molecule has 3 aromatic rings. The maximum Gasteiger partial charge on any atom is 0.266 e. The SMILES string of the molecule is CC(Oc1ccc(C#N)cc1)C(=O)Nc1ncc(Cc2cccc(F)c2)s1. The number of ether oxygens (including phenoxy) is 1. The summed E-state index contributed by atoms with van der Waals surface area (Å²) in [5.74, 6) is -0.104. The molecule has 1 atom stereocenters. The van der Waals surface area contributed by atoms with E-state index in [1.807, 2.05) is 12.1 Å². The third kappa shape index (κ3) is 5.12. The lowest BCUT2D eigenvalue weighted by Gasteiger charge is -2.13. The standard InChI is InChI=1S/C20H16FN3O2S/c1-13(26-17-7-5-14(11-22)6-8-17)19(25)24-20-23-12-18(27-20)10-15-3-2-4-16(21)9-15/h2-9,12-13H,10H2,1H3,(H,23,24,25). The van der Waals surface area contributed by atoms with Crippen LogP contribution in [0.5, 0.6) is 5.75 Å². The van der Waals surface area contributed by atoms with E-state index in [1.54, 1.807) is 43.5 Å². The quantitative estimate of drug-likeness (QED) is 0.696. The summed E-state index contributed by atoms with van der Waals surface area (Å²) in [6.07, 6.45) is 1.48. The third-order valence-electron chi connectivity index (χ3n) is 3.72. The zero-order valence-electron chi connectivity index (χ0n) is 14.5. The fourth-order valence-electron chi connectivity index (χ4n) is 2.37. The number of halogens is 1. The summed E-state index contributed by atoms with van der Waals surface area (Å²) >= 11 is 1.33. The molecule has 0 aliphatic heterocycles. The van der Waals surface area contributed by atoms with Crippen molar-refractivity contribution in [3.63, 3.8) is 0 Å². The highest BCUT2D eigenvalue weighted by Crippen LogP contribution is 2.22. The van der Waals surface area contributed by atoms with Crippen molar-refractivity contribution in [2.75, 3.05) is 5.32 Å². The molecule has 1 amide bonds. The van der Waals surface area contributed by atoms with Crippen molar-refractivity contribution >= 4 is 22.4 Å². The van der Waals surface area contributed by atoms with Gasteiger partial charge in [0, 0.05) is 17.5 Å². The Morgan fingerprint density at radius 3 is 2.81 bits per heavy atom. The average Bonchev–Trinajstić information content (AvgIpc) is 3.09. The van der Waals surface area contributed by atoms with E-state index in [-0.39, 0.29) is 11.7 Å². The van der Waals surface area contributed by atoms with Crippen molar-refractivity contribution in [2.45, 2.75) is 19.4 Å². The van der Waals surface area contributed by atoms with Gasteiger partial charge in [-0.3, -0.25) is 10.1 Å². The van der Waals surface area contributed by atoms with Crippen LogP contribution in [-0.2, 0) is 11.2 Å². The number of nitrogens with zero attached hydrogens (tertiary/aromatic N) is 2. The van der Waals surface area contributed by atoms with E-state index in [0.717, 1.165) is 10.4 Å². The lowest BCUT2D eigenvalue weighted by Crippen LogP contribution is -2.30. The van der Waals surface area contributed by atoms with Gasteiger partial charge in [-0.25, -0.2) is 9.37 Å². The first-order valence-electron chi connectivity index (χ1n) is 8.20. The number of rotatable bonds is 6. The van der Waals surface area contributed by atoms with E-state index < -0.39 is 6.10 Å². The van der Waals surface area contributed by atoms with Crippen LogP contribution in [0.2, 0.25) is 0 Å². The van der Waals surface area contributed by atoms with Crippen molar-refractivity contribution < 1.29 is 13.9 Å². The number of hydrogen-bond acceptors (Lipinski definition) is 5. The van der Waals surface area contributed by atoms with Crippen LogP contribution in [0.3, 0.4) is 0 Å². The molecule has 7 heteroatoms. The zero-order chi connectivity index (χ0) is 19.2. The maximum atomic E-state index is 13.3. The van der Waals surface area contributed by atoms with Gasteiger partial charge in [0.15, 0.2) is 11.2 Å². The zero-order valence-corrected chi connectivity index (χ0v) is 15.3. The number of nitriles is 1. The van der Waals surface area contributed by atoms with Crippen molar-refractivity contribution in [1.82, 2.24) is 4.98 Å². The Morgan fingerprint density at radius 1 is 1.33 bits per heavy atom. The number of benzene rings is 2. The predicted octanol–water partition coefficient (Wildman–Crippen LogP) is 4.15. The molecule has 1 heterocycles. The maximum absolute atomic E-state index is 13.3. The lowest BCUT2D eigenvalue weighted by molar-refractivity contribution is -0.122. The van der Waals surface area contributed by atoms with Crippen LogP contribution in [0, 0.1) is 17.1 Å². The number of carbonyl (C=O) groups excluding carboxylic acids is 1. The van der Waals surface area contributed by atoms with Crippen LogP contribution in [0.15, 0.2) is 54.7 Å². The van der Waals surface area contributed by atoms with E-state index in [0.29, 0.717) is 22.9 Å². The highest BCUT2D eigenvalue weighted by Gasteiger charge is 2.16. The van der Waals surface area contributed by atoms with Crippen LogP contribution in [0.25, 0.3) is 0 Å². The molecule has 0 saturated heterocycles. The van der Waals surface area contributed by atoms with E-state index in [1.165, 1.54) is 23.5 Å². The minimum atomic E-state index is -0.728. The fraction of sp³-hybridized carbons (Fsp3) is 0.150. The minimum absolute atomic E-state index is 0.278. The molecule has 0 saturated carbocycles. The second-order valence-corrected chi connectivity index (χ2v) is 6.94. The van der Waals surface area contributed by atoms with Gasteiger partial charge in [-0.1, -0.05) is 12.1 Å². The van der Waals surface area contributed by atoms with E-state index >= 15 is 0 Å². The molecule has 0 spiro atoms. The number of hydrogen-bond donors (Lipinski definition) is 1. The number of thiazole rings is 1. The molecule has 0 bridgehead atoms. The Morgan fingerprint density at radius 2 is 2.11 bits per heavy atom. The number of nitrogens with one attached hydrogen (secondary N) is 1. The van der Waals surface area contributed by atoms with Gasteiger partial charge >= 0.3 is 0 Å². The Balaban J connectivity index is 1.57. The molecule has 0 fully saturated rings. The van der Waals surface area contributed by atoms with Crippen LogP contribution in [-0.4, -0.2) is 17.0 Å². The highest BCUT2D eigenvalue weighted by molar-refractivity contribution is 7.15. The minimum Gasteiger partial charge on any atom is -0.481 e. The molecule has 136 valence electrons. The second kappa shape index (κ2) is 8.43. The lowest BCUT2D eigenvalue weighted by atomic mass is 10.1. The van der Waals surface area contributed by atoms with Crippen molar-refractivity contribution in [2.24, 2.45) is 0 Å². The molecule has 1 unspecified atom stereocenters. The molecule has 3 rings (SSSR count). The molecular weight excluding hydrogens is 365 g/mol. The Kier molecular flexibility index (Phi) is 5.79.